The van der Waals surface area contributed by atoms with E-state index in [0.717, 1.165) is 48.5 Å². The molecule has 3 rings (SSSR count). The van der Waals surface area contributed by atoms with Crippen LogP contribution >= 0.6 is 0 Å². The van der Waals surface area contributed by atoms with E-state index in [1.165, 1.54) is 5.56 Å². The molecule has 1 aliphatic rings. The minimum absolute atomic E-state index is 0.0174. The SMILES string of the molecule is CCCn1cc(NC(=O)Cc2ccc3c(c2)CCC(C)(C)O3)c(C)n1. The summed E-state index contributed by atoms with van der Waals surface area (Å²) in [5.74, 6) is 0.924. The minimum Gasteiger partial charge on any atom is -0.488 e. The highest BCUT2D eigenvalue weighted by molar-refractivity contribution is 5.92. The summed E-state index contributed by atoms with van der Waals surface area (Å²) in [6, 6.07) is 6.06. The van der Waals surface area contributed by atoms with Crippen LogP contribution in [0.3, 0.4) is 0 Å². The standard InChI is InChI=1S/C20H27N3O2/c1-5-10-23-13-17(14(2)22-23)21-19(24)12-15-6-7-18-16(11-15)8-9-20(3,4)25-18/h6-7,11,13H,5,8-10,12H2,1-4H3,(H,21,24). The maximum absolute atomic E-state index is 12.4. The van der Waals surface area contributed by atoms with Crippen molar-refractivity contribution in [3.8, 4) is 5.75 Å². The third-order valence-electron chi connectivity index (χ3n) is 4.55. The predicted molar refractivity (Wildman–Crippen MR) is 99.1 cm³/mol. The molecule has 0 radical (unpaired) electrons. The summed E-state index contributed by atoms with van der Waals surface area (Å²) in [5, 5.41) is 7.39. The molecule has 0 spiro atoms. The van der Waals surface area contributed by atoms with Gasteiger partial charge in [-0.2, -0.15) is 5.10 Å². The second-order valence-corrected chi connectivity index (χ2v) is 7.42. The van der Waals surface area contributed by atoms with Crippen LogP contribution in [0, 0.1) is 6.92 Å². The molecule has 25 heavy (non-hydrogen) atoms. The first-order chi connectivity index (χ1) is 11.9. The molecule has 1 aliphatic heterocycles. The third kappa shape index (κ3) is 4.21. The van der Waals surface area contributed by atoms with Gasteiger partial charge in [0.25, 0.3) is 0 Å². The van der Waals surface area contributed by atoms with Crippen LogP contribution in [0.1, 0.15) is 50.4 Å². The van der Waals surface area contributed by atoms with Crippen molar-refractivity contribution in [3.05, 3.63) is 41.2 Å². The van der Waals surface area contributed by atoms with Crippen molar-refractivity contribution in [2.75, 3.05) is 5.32 Å². The van der Waals surface area contributed by atoms with Crippen LogP contribution in [0.2, 0.25) is 0 Å². The number of aromatic nitrogens is 2. The van der Waals surface area contributed by atoms with Gasteiger partial charge < -0.3 is 10.1 Å². The monoisotopic (exact) mass is 341 g/mol. The van der Waals surface area contributed by atoms with E-state index in [9.17, 15) is 4.79 Å². The number of carbonyl (C=O) groups is 1. The summed E-state index contributed by atoms with van der Waals surface area (Å²) >= 11 is 0. The molecule has 2 aromatic rings. The van der Waals surface area contributed by atoms with E-state index in [2.05, 4.69) is 37.3 Å². The quantitative estimate of drug-likeness (QED) is 0.898. The minimum atomic E-state index is -0.109. The number of nitrogens with zero attached hydrogens (tertiary/aromatic N) is 2. The molecule has 0 saturated carbocycles. The van der Waals surface area contributed by atoms with Gasteiger partial charge in [0, 0.05) is 12.7 Å². The fourth-order valence-electron chi connectivity index (χ4n) is 3.19. The van der Waals surface area contributed by atoms with E-state index >= 15 is 0 Å². The summed E-state index contributed by atoms with van der Waals surface area (Å²) in [6.45, 7) is 9.10. The zero-order valence-electron chi connectivity index (χ0n) is 15.6. The molecule has 0 bridgehead atoms. The summed E-state index contributed by atoms with van der Waals surface area (Å²) in [7, 11) is 0. The van der Waals surface area contributed by atoms with Gasteiger partial charge in [-0.1, -0.05) is 19.1 Å². The molecule has 5 heteroatoms. The van der Waals surface area contributed by atoms with Crippen LogP contribution < -0.4 is 10.1 Å². The molecule has 1 aromatic heterocycles. The highest BCUT2D eigenvalue weighted by Gasteiger charge is 2.26. The number of fused-ring (bicyclic) bond motifs is 1. The second kappa shape index (κ2) is 6.90. The lowest BCUT2D eigenvalue weighted by Gasteiger charge is -2.32. The number of ether oxygens (including phenoxy) is 1. The molecular formula is C20H27N3O2. The molecule has 0 saturated heterocycles. The molecule has 0 fully saturated rings. The van der Waals surface area contributed by atoms with Crippen molar-refractivity contribution in [1.82, 2.24) is 9.78 Å². The summed E-state index contributed by atoms with van der Waals surface area (Å²) in [4.78, 5) is 12.4. The first kappa shape index (κ1) is 17.5. The summed E-state index contributed by atoms with van der Waals surface area (Å²) < 4.78 is 7.88. The number of amides is 1. The fourth-order valence-corrected chi connectivity index (χ4v) is 3.19. The topological polar surface area (TPSA) is 56.2 Å². The van der Waals surface area contributed by atoms with Gasteiger partial charge in [0.15, 0.2) is 0 Å². The maximum Gasteiger partial charge on any atom is 0.228 e. The van der Waals surface area contributed by atoms with E-state index in [-0.39, 0.29) is 11.5 Å². The van der Waals surface area contributed by atoms with Gasteiger partial charge in [-0.25, -0.2) is 0 Å². The first-order valence-electron chi connectivity index (χ1n) is 9.01. The molecule has 134 valence electrons. The molecule has 1 N–H and O–H groups in total. The summed E-state index contributed by atoms with van der Waals surface area (Å²) in [6.07, 6.45) is 5.25. The van der Waals surface area contributed by atoms with Gasteiger partial charge >= 0.3 is 0 Å². The number of aryl methyl sites for hydroxylation is 3. The number of benzene rings is 1. The number of hydrogen-bond donors (Lipinski definition) is 1. The Hall–Kier alpha value is -2.30. The molecule has 5 nitrogen and oxygen atoms in total. The number of carbonyl (C=O) groups excluding carboxylic acids is 1. The Balaban J connectivity index is 1.66. The van der Waals surface area contributed by atoms with Gasteiger partial charge in [0.2, 0.25) is 5.91 Å². The van der Waals surface area contributed by atoms with Gasteiger partial charge in [0.1, 0.15) is 11.4 Å². The number of nitrogens with one attached hydrogen (secondary N) is 1. The summed E-state index contributed by atoms with van der Waals surface area (Å²) in [5.41, 5.74) is 3.74. The average Bonchev–Trinajstić information content (AvgIpc) is 2.87. The largest absolute Gasteiger partial charge is 0.488 e. The smallest absolute Gasteiger partial charge is 0.228 e. The Morgan fingerprint density at radius 3 is 2.96 bits per heavy atom. The van der Waals surface area contributed by atoms with Gasteiger partial charge in [0.05, 0.1) is 17.8 Å². The van der Waals surface area contributed by atoms with Gasteiger partial charge in [-0.3, -0.25) is 9.48 Å². The van der Waals surface area contributed by atoms with Crippen LogP contribution in [0.5, 0.6) is 5.75 Å². The van der Waals surface area contributed by atoms with E-state index in [1.807, 2.05) is 29.9 Å². The van der Waals surface area contributed by atoms with Gasteiger partial charge in [-0.15, -0.1) is 0 Å². The van der Waals surface area contributed by atoms with Crippen LogP contribution in [0.25, 0.3) is 0 Å². The number of hydrogen-bond acceptors (Lipinski definition) is 3. The Kier molecular flexibility index (Phi) is 4.84. The second-order valence-electron chi connectivity index (χ2n) is 7.42. The Labute approximate surface area is 149 Å². The number of rotatable bonds is 5. The highest BCUT2D eigenvalue weighted by Crippen LogP contribution is 2.33. The zero-order valence-corrected chi connectivity index (χ0v) is 15.6. The molecule has 1 amide bonds. The van der Waals surface area contributed by atoms with E-state index < -0.39 is 0 Å². The Morgan fingerprint density at radius 1 is 1.40 bits per heavy atom. The normalized spacial score (nSPS) is 15.4. The molecule has 0 aliphatic carbocycles. The third-order valence-corrected chi connectivity index (χ3v) is 4.55. The van der Waals surface area contributed by atoms with Crippen molar-refractivity contribution in [1.29, 1.82) is 0 Å². The van der Waals surface area contributed by atoms with Crippen LogP contribution in [-0.4, -0.2) is 21.3 Å². The lowest BCUT2D eigenvalue weighted by Crippen LogP contribution is -2.32. The Bertz CT molecular complexity index is 777. The van der Waals surface area contributed by atoms with Crippen molar-refractivity contribution in [2.45, 2.75) is 65.5 Å². The Morgan fingerprint density at radius 2 is 2.20 bits per heavy atom. The van der Waals surface area contributed by atoms with Crippen molar-refractivity contribution in [2.24, 2.45) is 0 Å². The molecule has 0 atom stereocenters. The highest BCUT2D eigenvalue weighted by atomic mass is 16.5. The van der Waals surface area contributed by atoms with Crippen molar-refractivity contribution in [3.63, 3.8) is 0 Å². The van der Waals surface area contributed by atoms with Gasteiger partial charge in [-0.05, 0) is 57.2 Å². The fraction of sp³-hybridized carbons (Fsp3) is 0.500. The molecule has 1 aromatic carbocycles. The lowest BCUT2D eigenvalue weighted by atomic mass is 9.93. The predicted octanol–water partition coefficient (Wildman–Crippen LogP) is 3.89. The molecular weight excluding hydrogens is 314 g/mol. The lowest BCUT2D eigenvalue weighted by molar-refractivity contribution is -0.115. The first-order valence-corrected chi connectivity index (χ1v) is 9.01. The van der Waals surface area contributed by atoms with Crippen LogP contribution in [-0.2, 0) is 24.2 Å². The molecule has 2 heterocycles. The maximum atomic E-state index is 12.4. The van der Waals surface area contributed by atoms with Crippen LogP contribution in [0.4, 0.5) is 5.69 Å². The van der Waals surface area contributed by atoms with Crippen molar-refractivity contribution >= 4 is 11.6 Å². The zero-order chi connectivity index (χ0) is 18.0. The van der Waals surface area contributed by atoms with Crippen LogP contribution in [0.15, 0.2) is 24.4 Å². The molecule has 0 unspecified atom stereocenters. The van der Waals surface area contributed by atoms with E-state index in [4.69, 9.17) is 4.74 Å². The van der Waals surface area contributed by atoms with Crippen molar-refractivity contribution < 1.29 is 9.53 Å². The number of anilines is 1. The van der Waals surface area contributed by atoms with E-state index in [1.54, 1.807) is 0 Å². The average molecular weight is 341 g/mol. The van der Waals surface area contributed by atoms with E-state index in [0.29, 0.717) is 6.42 Å².